The number of aromatic nitrogens is 1. The fourth-order valence-electron chi connectivity index (χ4n) is 2.37. The van der Waals surface area contributed by atoms with Crippen LogP contribution in [0.2, 0.25) is 0 Å². The van der Waals surface area contributed by atoms with Crippen molar-refractivity contribution in [2.75, 3.05) is 11.4 Å². The molecule has 22 heavy (non-hydrogen) atoms. The van der Waals surface area contributed by atoms with Crippen molar-refractivity contribution in [2.24, 2.45) is 0 Å². The van der Waals surface area contributed by atoms with Gasteiger partial charge in [0.15, 0.2) is 0 Å². The summed E-state index contributed by atoms with van der Waals surface area (Å²) in [6.45, 7) is 8.95. The van der Waals surface area contributed by atoms with Crippen molar-refractivity contribution >= 4 is 11.7 Å². The number of carbonyl (C=O) groups is 1. The Morgan fingerprint density at radius 3 is 2.50 bits per heavy atom. The summed E-state index contributed by atoms with van der Waals surface area (Å²) in [6.07, 6.45) is 0.0936. The van der Waals surface area contributed by atoms with Gasteiger partial charge in [-0.2, -0.15) is 0 Å². The molecule has 0 amide bonds. The lowest BCUT2D eigenvalue weighted by Gasteiger charge is -2.25. The van der Waals surface area contributed by atoms with Crippen LogP contribution in [0.15, 0.2) is 22.7 Å². The zero-order valence-corrected chi connectivity index (χ0v) is 13.5. The number of hydrogen-bond acceptors (Lipinski definition) is 4. The van der Waals surface area contributed by atoms with E-state index in [9.17, 15) is 4.79 Å². The number of carboxylic acids is 1. The summed E-state index contributed by atoms with van der Waals surface area (Å²) < 4.78 is 5.21. The van der Waals surface area contributed by atoms with Gasteiger partial charge in [0, 0.05) is 24.3 Å². The van der Waals surface area contributed by atoms with Crippen LogP contribution < -0.4 is 4.90 Å². The highest BCUT2D eigenvalue weighted by Gasteiger charge is 2.16. The minimum absolute atomic E-state index is 0.0936. The van der Waals surface area contributed by atoms with E-state index in [0.717, 1.165) is 22.7 Å². The molecule has 0 saturated heterocycles. The second kappa shape index (κ2) is 6.64. The molecule has 0 aliphatic rings. The molecule has 5 nitrogen and oxygen atoms in total. The average Bonchev–Trinajstić information content (AvgIpc) is 2.77. The molecule has 0 radical (unpaired) electrons. The summed E-state index contributed by atoms with van der Waals surface area (Å²) in [5.41, 5.74) is 5.30. The first-order valence-corrected chi connectivity index (χ1v) is 7.34. The van der Waals surface area contributed by atoms with Crippen molar-refractivity contribution in [2.45, 2.75) is 40.7 Å². The number of rotatable bonds is 6. The van der Waals surface area contributed by atoms with Gasteiger partial charge in [-0.1, -0.05) is 11.2 Å². The lowest BCUT2D eigenvalue weighted by Crippen LogP contribution is -2.26. The molecule has 0 spiro atoms. The molecule has 0 aliphatic carbocycles. The molecular weight excluding hydrogens is 280 g/mol. The molecule has 118 valence electrons. The molecule has 0 unspecified atom stereocenters. The number of anilines is 1. The number of aliphatic carboxylic acids is 1. The van der Waals surface area contributed by atoms with Crippen molar-refractivity contribution in [3.8, 4) is 0 Å². The Hall–Kier alpha value is -2.30. The molecule has 0 saturated carbocycles. The van der Waals surface area contributed by atoms with Gasteiger partial charge in [-0.25, -0.2) is 0 Å². The second-order valence-corrected chi connectivity index (χ2v) is 5.64. The van der Waals surface area contributed by atoms with Crippen LogP contribution in [0.25, 0.3) is 0 Å². The molecule has 1 aromatic heterocycles. The van der Waals surface area contributed by atoms with Crippen LogP contribution in [-0.2, 0) is 11.3 Å². The Balaban J connectivity index is 2.29. The van der Waals surface area contributed by atoms with Gasteiger partial charge in [0.1, 0.15) is 5.76 Å². The topological polar surface area (TPSA) is 66.6 Å². The minimum atomic E-state index is -0.799. The van der Waals surface area contributed by atoms with E-state index < -0.39 is 5.97 Å². The highest BCUT2D eigenvalue weighted by Crippen LogP contribution is 2.23. The maximum absolute atomic E-state index is 10.9. The Morgan fingerprint density at radius 2 is 1.95 bits per heavy atom. The van der Waals surface area contributed by atoms with Gasteiger partial charge >= 0.3 is 5.97 Å². The van der Waals surface area contributed by atoms with E-state index in [1.807, 2.05) is 19.9 Å². The summed E-state index contributed by atoms with van der Waals surface area (Å²) in [5.74, 6) is -0.0192. The molecule has 0 bridgehead atoms. The highest BCUT2D eigenvalue weighted by atomic mass is 16.5. The summed E-state index contributed by atoms with van der Waals surface area (Å²) in [4.78, 5) is 13.0. The first-order valence-electron chi connectivity index (χ1n) is 7.34. The van der Waals surface area contributed by atoms with Gasteiger partial charge in [0.2, 0.25) is 0 Å². The number of nitrogens with zero attached hydrogens (tertiary/aromatic N) is 2. The van der Waals surface area contributed by atoms with E-state index in [1.165, 1.54) is 11.1 Å². The highest BCUT2D eigenvalue weighted by molar-refractivity contribution is 5.67. The Morgan fingerprint density at radius 1 is 1.23 bits per heavy atom. The monoisotopic (exact) mass is 302 g/mol. The molecule has 1 N–H and O–H groups in total. The molecule has 1 aromatic carbocycles. The Labute approximate surface area is 130 Å². The second-order valence-electron chi connectivity index (χ2n) is 5.64. The molecule has 2 aromatic rings. The SMILES string of the molecule is Cc1ccc(N(CCC(=O)O)Cc2c(C)noc2C)cc1C. The van der Waals surface area contributed by atoms with Crippen molar-refractivity contribution in [3.05, 3.63) is 46.3 Å². The van der Waals surface area contributed by atoms with Crippen LogP contribution in [0, 0.1) is 27.7 Å². The lowest BCUT2D eigenvalue weighted by atomic mass is 10.1. The normalized spacial score (nSPS) is 10.7. The standard InChI is InChI=1S/C17H22N2O3/c1-11-5-6-15(9-12(11)2)19(8-7-17(20)21)10-16-13(3)18-22-14(16)4/h5-6,9H,7-8,10H2,1-4H3,(H,20,21). The first kappa shape index (κ1) is 16.1. The van der Waals surface area contributed by atoms with E-state index in [0.29, 0.717) is 13.1 Å². The largest absolute Gasteiger partial charge is 0.481 e. The van der Waals surface area contributed by atoms with E-state index in [2.05, 4.69) is 36.0 Å². The van der Waals surface area contributed by atoms with E-state index >= 15 is 0 Å². The van der Waals surface area contributed by atoms with E-state index in [4.69, 9.17) is 9.63 Å². The average molecular weight is 302 g/mol. The van der Waals surface area contributed by atoms with Gasteiger partial charge < -0.3 is 14.5 Å². The minimum Gasteiger partial charge on any atom is -0.481 e. The molecule has 2 rings (SSSR count). The molecule has 1 heterocycles. The van der Waals surface area contributed by atoms with E-state index in [1.54, 1.807) is 0 Å². The number of aryl methyl sites for hydroxylation is 4. The molecule has 0 fully saturated rings. The van der Waals surface area contributed by atoms with Gasteiger partial charge in [-0.05, 0) is 51.0 Å². The van der Waals surface area contributed by atoms with Crippen LogP contribution in [0.5, 0.6) is 0 Å². The van der Waals surface area contributed by atoms with Crippen LogP contribution in [-0.4, -0.2) is 22.8 Å². The van der Waals surface area contributed by atoms with Crippen molar-refractivity contribution in [3.63, 3.8) is 0 Å². The fraction of sp³-hybridized carbons (Fsp3) is 0.412. The predicted octanol–water partition coefficient (Wildman–Crippen LogP) is 3.39. The summed E-state index contributed by atoms with van der Waals surface area (Å²) >= 11 is 0. The lowest BCUT2D eigenvalue weighted by molar-refractivity contribution is -0.136. The molecule has 0 atom stereocenters. The number of carboxylic acid groups (broad SMARTS) is 1. The number of benzene rings is 1. The van der Waals surface area contributed by atoms with Crippen LogP contribution in [0.4, 0.5) is 5.69 Å². The first-order chi connectivity index (χ1) is 10.4. The van der Waals surface area contributed by atoms with Gasteiger partial charge in [0.05, 0.1) is 12.1 Å². The van der Waals surface area contributed by atoms with Crippen molar-refractivity contribution in [1.82, 2.24) is 5.16 Å². The smallest absolute Gasteiger partial charge is 0.305 e. The van der Waals surface area contributed by atoms with Crippen molar-refractivity contribution in [1.29, 1.82) is 0 Å². The fourth-order valence-corrected chi connectivity index (χ4v) is 2.37. The molecular formula is C17H22N2O3. The summed E-state index contributed by atoms with van der Waals surface area (Å²) in [5, 5.41) is 13.0. The molecule has 5 heteroatoms. The maximum atomic E-state index is 10.9. The summed E-state index contributed by atoms with van der Waals surface area (Å²) in [6, 6.07) is 6.18. The Bertz CT molecular complexity index is 657. The van der Waals surface area contributed by atoms with Gasteiger partial charge in [-0.3, -0.25) is 4.79 Å². The predicted molar refractivity (Wildman–Crippen MR) is 85.2 cm³/mol. The van der Waals surface area contributed by atoms with Crippen LogP contribution in [0.3, 0.4) is 0 Å². The molecule has 0 aliphatic heterocycles. The zero-order valence-electron chi connectivity index (χ0n) is 13.5. The number of hydrogen-bond donors (Lipinski definition) is 1. The third kappa shape index (κ3) is 3.67. The van der Waals surface area contributed by atoms with Crippen LogP contribution >= 0.6 is 0 Å². The van der Waals surface area contributed by atoms with Crippen LogP contribution in [0.1, 0.15) is 34.6 Å². The summed E-state index contributed by atoms with van der Waals surface area (Å²) in [7, 11) is 0. The Kier molecular flexibility index (Phi) is 4.85. The third-order valence-corrected chi connectivity index (χ3v) is 3.98. The quantitative estimate of drug-likeness (QED) is 0.886. The maximum Gasteiger partial charge on any atom is 0.305 e. The van der Waals surface area contributed by atoms with Gasteiger partial charge in [0.25, 0.3) is 0 Å². The van der Waals surface area contributed by atoms with Gasteiger partial charge in [-0.15, -0.1) is 0 Å². The third-order valence-electron chi connectivity index (χ3n) is 3.98. The zero-order chi connectivity index (χ0) is 16.3. The van der Waals surface area contributed by atoms with Crippen molar-refractivity contribution < 1.29 is 14.4 Å². The van der Waals surface area contributed by atoms with E-state index in [-0.39, 0.29) is 6.42 Å².